The molecule has 3 fully saturated rings. The van der Waals surface area contributed by atoms with Crippen molar-refractivity contribution in [3.8, 4) is 0 Å². The van der Waals surface area contributed by atoms with Crippen molar-refractivity contribution in [2.24, 2.45) is 0 Å². The highest BCUT2D eigenvalue weighted by atomic mass is 32.2. The molecule has 5 atom stereocenters. The van der Waals surface area contributed by atoms with Gasteiger partial charge in [-0.1, -0.05) is 53.7 Å². The molecule has 9 nitrogen and oxygen atoms in total. The predicted molar refractivity (Wildman–Crippen MR) is 137 cm³/mol. The summed E-state index contributed by atoms with van der Waals surface area (Å²) < 4.78 is 57.0. The zero-order chi connectivity index (χ0) is 27.3. The molecular weight excluding hydrogens is 498 g/mol. The van der Waals surface area contributed by atoms with Crippen LogP contribution in [0.4, 0.5) is 0 Å². The highest BCUT2D eigenvalue weighted by Crippen LogP contribution is 2.40. The molecule has 10 heteroatoms. The second kappa shape index (κ2) is 10.5. The van der Waals surface area contributed by atoms with Crippen LogP contribution in [0, 0.1) is 0 Å². The van der Waals surface area contributed by atoms with Gasteiger partial charge in [-0.25, -0.2) is 0 Å². The van der Waals surface area contributed by atoms with E-state index in [9.17, 15) is 13.2 Å². The van der Waals surface area contributed by atoms with E-state index in [1.807, 2.05) is 53.7 Å². The molecule has 3 aliphatic rings. The van der Waals surface area contributed by atoms with Crippen molar-refractivity contribution in [2.45, 2.75) is 127 Å². The number of carbonyl (C=O) groups excluding carboxylic acids is 1. The first kappa shape index (κ1) is 28.4. The van der Waals surface area contributed by atoms with Gasteiger partial charge in [-0.3, -0.25) is 8.98 Å². The number of amides is 1. The van der Waals surface area contributed by atoms with Crippen molar-refractivity contribution in [1.29, 1.82) is 0 Å². The summed E-state index contributed by atoms with van der Waals surface area (Å²) in [5.41, 5.74) is 2.59. The Bertz CT molecular complexity index is 1060. The summed E-state index contributed by atoms with van der Waals surface area (Å²) in [4.78, 5) is 11.7. The van der Waals surface area contributed by atoms with Crippen LogP contribution in [0.25, 0.3) is 0 Å². The monoisotopic (exact) mass is 539 g/mol. The van der Waals surface area contributed by atoms with Gasteiger partial charge in [0.05, 0.1) is 19.1 Å². The average Bonchev–Trinajstić information content (AvgIpc) is 3.27. The molecule has 0 radical (unpaired) electrons. The fraction of sp³-hybridized carbons (Fsp3) is 0.741. The molecule has 1 N–H and O–H groups in total. The van der Waals surface area contributed by atoms with Gasteiger partial charge in [0.2, 0.25) is 5.91 Å². The molecule has 1 aromatic rings. The van der Waals surface area contributed by atoms with Crippen molar-refractivity contribution < 1.29 is 36.3 Å². The molecule has 0 spiro atoms. The summed E-state index contributed by atoms with van der Waals surface area (Å²) >= 11 is 0. The van der Waals surface area contributed by atoms with E-state index in [4.69, 9.17) is 23.1 Å². The van der Waals surface area contributed by atoms with E-state index in [2.05, 4.69) is 19.2 Å². The van der Waals surface area contributed by atoms with Gasteiger partial charge in [-0.2, -0.15) is 8.42 Å². The number of β-lactam (4-membered cyclic amide) rings is 1. The van der Waals surface area contributed by atoms with Gasteiger partial charge in [0, 0.05) is 6.42 Å². The molecule has 0 bridgehead atoms. The summed E-state index contributed by atoms with van der Waals surface area (Å²) in [6.07, 6.45) is -1.98. The molecule has 1 aromatic carbocycles. The molecule has 37 heavy (non-hydrogen) atoms. The van der Waals surface area contributed by atoms with Crippen LogP contribution in [-0.4, -0.2) is 57.5 Å². The molecule has 0 aliphatic carbocycles. The molecule has 1 amide bonds. The molecule has 208 valence electrons. The fourth-order valence-electron chi connectivity index (χ4n) is 5.02. The van der Waals surface area contributed by atoms with Gasteiger partial charge < -0.3 is 24.3 Å². The second-order valence-electron chi connectivity index (χ2n) is 11.6. The van der Waals surface area contributed by atoms with E-state index < -0.39 is 40.6 Å². The predicted octanol–water partition coefficient (Wildman–Crippen LogP) is 4.26. The van der Waals surface area contributed by atoms with Crippen LogP contribution in [0.2, 0.25) is 0 Å². The Morgan fingerprint density at radius 1 is 1.03 bits per heavy atom. The van der Waals surface area contributed by atoms with Gasteiger partial charge in [0.15, 0.2) is 12.1 Å². The molecule has 3 saturated heterocycles. The minimum atomic E-state index is -4.14. The average molecular weight is 540 g/mol. The number of hydrogen-bond donors (Lipinski definition) is 1. The van der Waals surface area contributed by atoms with Crippen LogP contribution in [0.15, 0.2) is 17.0 Å². The molecular formula is C27H41NO8S. The highest BCUT2D eigenvalue weighted by Gasteiger charge is 2.51. The second-order valence-corrected chi connectivity index (χ2v) is 13.2. The Labute approximate surface area is 220 Å². The lowest BCUT2D eigenvalue weighted by Crippen LogP contribution is -2.53. The van der Waals surface area contributed by atoms with Crippen molar-refractivity contribution in [3.63, 3.8) is 0 Å². The molecule has 0 aromatic heterocycles. The standard InChI is InChI=1S/C27H41NO8S/c1-14(2)17-9-18(15(3)4)25(19(10-17)16(5)6)37(30,31)32-13-22(33-24-12-23(29)28-24)20-11-21-26(34-20)36-27(7,8)35-21/h9-10,14-16,20-22,24,26H,11-13H2,1-8H3,(H,28,29)/t20-,21+,22+,24-,26+/m0/s1. The third-order valence-electron chi connectivity index (χ3n) is 7.08. The van der Waals surface area contributed by atoms with Gasteiger partial charge in [0.1, 0.15) is 23.3 Å². The maximum Gasteiger partial charge on any atom is 0.297 e. The zero-order valence-electron chi connectivity index (χ0n) is 23.1. The molecule has 0 saturated carbocycles. The van der Waals surface area contributed by atoms with E-state index in [1.165, 1.54) is 0 Å². The lowest BCUT2D eigenvalue weighted by molar-refractivity contribution is -0.225. The molecule has 4 rings (SSSR count). The first-order chi connectivity index (χ1) is 17.2. The SMILES string of the molecule is CC(C)c1cc(C(C)C)c(S(=O)(=O)OC[C@@H](O[C@H]2CC(=O)N2)[C@@H]2C[C@H]3OC(C)(C)O[C@H]3O2)c(C(C)C)c1. The third-order valence-corrected chi connectivity index (χ3v) is 8.49. The van der Waals surface area contributed by atoms with E-state index in [1.54, 1.807) is 0 Å². The molecule has 0 unspecified atom stereocenters. The maximum atomic E-state index is 13.7. The minimum Gasteiger partial charge on any atom is -0.350 e. The number of nitrogens with one attached hydrogen (secondary N) is 1. The summed E-state index contributed by atoms with van der Waals surface area (Å²) in [6.45, 7) is 15.5. The molecule has 3 aliphatic heterocycles. The Hall–Kier alpha value is -1.56. The maximum absolute atomic E-state index is 13.7. The third kappa shape index (κ3) is 6.20. The summed E-state index contributed by atoms with van der Waals surface area (Å²) in [5, 5.41) is 2.67. The normalized spacial score (nSPS) is 28.0. The largest absolute Gasteiger partial charge is 0.350 e. The van der Waals surface area contributed by atoms with Crippen LogP contribution in [-0.2, 0) is 38.0 Å². The number of fused-ring (bicyclic) bond motifs is 1. The van der Waals surface area contributed by atoms with Crippen LogP contribution < -0.4 is 5.32 Å². The lowest BCUT2D eigenvalue weighted by Gasteiger charge is -2.33. The summed E-state index contributed by atoms with van der Waals surface area (Å²) in [6, 6.07) is 3.96. The van der Waals surface area contributed by atoms with Gasteiger partial charge in [-0.05, 0) is 48.3 Å². The van der Waals surface area contributed by atoms with Crippen molar-refractivity contribution in [3.05, 3.63) is 28.8 Å². The zero-order valence-corrected chi connectivity index (χ0v) is 23.9. The smallest absolute Gasteiger partial charge is 0.297 e. The number of ether oxygens (including phenoxy) is 4. The number of carbonyl (C=O) groups is 1. The van der Waals surface area contributed by atoms with Gasteiger partial charge in [0.25, 0.3) is 10.1 Å². The first-order valence-corrected chi connectivity index (χ1v) is 14.6. The number of rotatable bonds is 10. The van der Waals surface area contributed by atoms with Gasteiger partial charge >= 0.3 is 0 Å². The quantitative estimate of drug-likeness (QED) is 0.347. The Morgan fingerprint density at radius 2 is 1.62 bits per heavy atom. The Kier molecular flexibility index (Phi) is 8.11. The number of hydrogen-bond acceptors (Lipinski definition) is 8. The Balaban J connectivity index is 1.58. The van der Waals surface area contributed by atoms with Crippen molar-refractivity contribution in [1.82, 2.24) is 5.32 Å². The highest BCUT2D eigenvalue weighted by molar-refractivity contribution is 7.86. The summed E-state index contributed by atoms with van der Waals surface area (Å²) in [7, 11) is -4.14. The van der Waals surface area contributed by atoms with Crippen LogP contribution in [0.3, 0.4) is 0 Å². The van der Waals surface area contributed by atoms with Crippen LogP contribution >= 0.6 is 0 Å². The van der Waals surface area contributed by atoms with E-state index in [0.29, 0.717) is 6.42 Å². The Morgan fingerprint density at radius 3 is 2.11 bits per heavy atom. The minimum absolute atomic E-state index is 0.0167. The van der Waals surface area contributed by atoms with E-state index in [0.717, 1.165) is 16.7 Å². The van der Waals surface area contributed by atoms with Crippen LogP contribution in [0.5, 0.6) is 0 Å². The fourth-order valence-corrected chi connectivity index (χ4v) is 6.62. The first-order valence-electron chi connectivity index (χ1n) is 13.2. The molecule has 3 heterocycles. The topological polar surface area (TPSA) is 109 Å². The van der Waals surface area contributed by atoms with Crippen molar-refractivity contribution >= 4 is 16.0 Å². The van der Waals surface area contributed by atoms with Crippen LogP contribution in [0.1, 0.15) is 103 Å². The van der Waals surface area contributed by atoms with Gasteiger partial charge in [-0.15, -0.1) is 0 Å². The number of benzene rings is 1. The summed E-state index contributed by atoms with van der Waals surface area (Å²) in [5.74, 6) is -0.644. The lowest BCUT2D eigenvalue weighted by atomic mass is 9.89. The van der Waals surface area contributed by atoms with E-state index in [-0.39, 0.29) is 47.7 Å². The van der Waals surface area contributed by atoms with E-state index >= 15 is 0 Å². The van der Waals surface area contributed by atoms with Crippen molar-refractivity contribution in [2.75, 3.05) is 6.61 Å².